The van der Waals surface area contributed by atoms with Gasteiger partial charge in [-0.3, -0.25) is 9.59 Å². The molecule has 0 heterocycles. The lowest BCUT2D eigenvalue weighted by molar-refractivity contribution is -0.143. The molecule has 0 saturated heterocycles. The maximum Gasteiger partial charge on any atom is 0.305 e. The molecule has 1 amide bonds. The fourth-order valence-electron chi connectivity index (χ4n) is 7.57. The van der Waals surface area contributed by atoms with Crippen LogP contribution in [0.5, 0.6) is 0 Å². The Kier molecular flexibility index (Phi) is 46.4. The van der Waals surface area contributed by atoms with Crippen molar-refractivity contribution in [3.05, 3.63) is 0 Å². The first-order valence-electron chi connectivity index (χ1n) is 24.9. The number of carbonyl (C=O) groups excluding carboxylic acids is 2. The second-order valence-corrected chi connectivity index (χ2v) is 16.9. The molecule has 0 bridgehead atoms. The maximum absolute atomic E-state index is 12.2. The van der Waals surface area contributed by atoms with Gasteiger partial charge in [0.05, 0.1) is 12.7 Å². The van der Waals surface area contributed by atoms with Crippen molar-refractivity contribution in [2.75, 3.05) is 59.9 Å². The number of rotatable bonds is 48. The fourth-order valence-corrected chi connectivity index (χ4v) is 7.57. The molecule has 342 valence electrons. The average Bonchev–Trinajstić information content (AvgIpc) is 3.21. The van der Waals surface area contributed by atoms with Gasteiger partial charge in [0.2, 0.25) is 5.91 Å². The third-order valence-corrected chi connectivity index (χ3v) is 11.3. The summed E-state index contributed by atoms with van der Waals surface area (Å²) in [5.74, 6) is -0.0905. The largest absolute Gasteiger partial charge is 0.466 e. The number of amides is 1. The molecule has 0 saturated carbocycles. The zero-order valence-electron chi connectivity index (χ0n) is 38.7. The summed E-state index contributed by atoms with van der Waals surface area (Å²) in [4.78, 5) is 26.6. The Bertz CT molecular complexity index is 806. The monoisotopic (exact) mass is 813 g/mol. The zero-order valence-corrected chi connectivity index (χ0v) is 38.7. The van der Waals surface area contributed by atoms with Crippen molar-refractivity contribution in [3.63, 3.8) is 0 Å². The van der Waals surface area contributed by atoms with Crippen molar-refractivity contribution in [2.45, 2.75) is 245 Å². The van der Waals surface area contributed by atoms with E-state index in [0.29, 0.717) is 32.5 Å². The van der Waals surface area contributed by atoms with E-state index in [0.717, 1.165) is 71.2 Å². The molecule has 0 aromatic heterocycles. The molecule has 0 atom stereocenters. The van der Waals surface area contributed by atoms with E-state index in [1.807, 2.05) is 0 Å². The number of carbonyl (C=O) groups is 2. The summed E-state index contributed by atoms with van der Waals surface area (Å²) in [6.07, 6.45) is 42.0. The lowest BCUT2D eigenvalue weighted by Gasteiger charge is -2.22. The number of unbranched alkanes of at least 4 members (excludes halogenated alkanes) is 25. The van der Waals surface area contributed by atoms with E-state index < -0.39 is 0 Å². The van der Waals surface area contributed by atoms with E-state index in [1.165, 1.54) is 167 Å². The molecule has 0 spiro atoms. The summed E-state index contributed by atoms with van der Waals surface area (Å²) in [6, 6.07) is 0. The standard InChI is InChI=1S/C49H98N2O6.H2/c1-5-8-11-14-17-18-20-26-34-44-56-49(53)38-30-27-32-41-51(42-35-39-50-48(52)45-54-4)40-31-24-19-21-25-33-43-55-46-57-47(36-28-22-15-12-9-6-2)37-29-23-16-13-10-7-3;/h47H,5-46H2,1-4H3,(H,50,52);1H. The van der Waals surface area contributed by atoms with Gasteiger partial charge in [-0.1, -0.05) is 181 Å². The van der Waals surface area contributed by atoms with Gasteiger partial charge in [-0.05, 0) is 71.0 Å². The Morgan fingerprint density at radius 3 is 1.49 bits per heavy atom. The minimum atomic E-state index is -0.0529. The Labute approximate surface area is 356 Å². The molecule has 8 heteroatoms. The van der Waals surface area contributed by atoms with E-state index in [2.05, 4.69) is 31.0 Å². The van der Waals surface area contributed by atoms with Gasteiger partial charge in [0.25, 0.3) is 0 Å². The SMILES string of the molecule is CCCCCCCCCCCOC(=O)CCCCCN(CCCCCCCCOCOC(CCCCCCCC)CCCCCCCC)CCCNC(=O)COC.[HH]. The van der Waals surface area contributed by atoms with Crippen molar-refractivity contribution in [1.29, 1.82) is 0 Å². The Balaban J connectivity index is 0. The van der Waals surface area contributed by atoms with Crippen LogP contribution in [0.25, 0.3) is 0 Å². The molecule has 0 aromatic rings. The normalized spacial score (nSPS) is 11.6. The zero-order chi connectivity index (χ0) is 41.5. The number of nitrogens with one attached hydrogen (secondary N) is 1. The van der Waals surface area contributed by atoms with E-state index in [1.54, 1.807) is 7.11 Å². The van der Waals surface area contributed by atoms with Crippen molar-refractivity contribution in [2.24, 2.45) is 0 Å². The summed E-state index contributed by atoms with van der Waals surface area (Å²) < 4.78 is 22.6. The molecule has 0 aliphatic rings. The molecule has 0 aromatic carbocycles. The minimum absolute atomic E-state index is 0. The Hall–Kier alpha value is -1.22. The van der Waals surface area contributed by atoms with Crippen LogP contribution in [0.15, 0.2) is 0 Å². The number of hydrogen-bond donors (Lipinski definition) is 1. The van der Waals surface area contributed by atoms with Gasteiger partial charge in [0.1, 0.15) is 13.4 Å². The predicted molar refractivity (Wildman–Crippen MR) is 244 cm³/mol. The highest BCUT2D eigenvalue weighted by Gasteiger charge is 2.10. The van der Waals surface area contributed by atoms with Crippen LogP contribution in [0.2, 0.25) is 0 Å². The molecule has 57 heavy (non-hydrogen) atoms. The summed E-state index contributed by atoms with van der Waals surface area (Å²) in [7, 11) is 1.55. The molecule has 0 aliphatic carbocycles. The second-order valence-electron chi connectivity index (χ2n) is 16.9. The van der Waals surface area contributed by atoms with Crippen LogP contribution < -0.4 is 5.32 Å². The highest BCUT2D eigenvalue weighted by Crippen LogP contribution is 2.17. The highest BCUT2D eigenvalue weighted by molar-refractivity contribution is 5.77. The molecular formula is C49H100N2O6. The van der Waals surface area contributed by atoms with Crippen LogP contribution >= 0.6 is 0 Å². The summed E-state index contributed by atoms with van der Waals surface area (Å²) >= 11 is 0. The van der Waals surface area contributed by atoms with Gasteiger partial charge in [-0.25, -0.2) is 0 Å². The summed E-state index contributed by atoms with van der Waals surface area (Å²) in [5, 5.41) is 2.95. The first-order valence-corrected chi connectivity index (χ1v) is 24.9. The summed E-state index contributed by atoms with van der Waals surface area (Å²) in [6.45, 7) is 12.5. The number of nitrogens with zero attached hydrogens (tertiary/aromatic N) is 1. The van der Waals surface area contributed by atoms with Crippen LogP contribution in [0.4, 0.5) is 0 Å². The van der Waals surface area contributed by atoms with Crippen LogP contribution in [-0.4, -0.2) is 82.8 Å². The predicted octanol–water partition coefficient (Wildman–Crippen LogP) is 13.5. The average molecular weight is 813 g/mol. The number of hydrogen-bond acceptors (Lipinski definition) is 7. The van der Waals surface area contributed by atoms with Gasteiger partial charge in [-0.15, -0.1) is 0 Å². The second kappa shape index (κ2) is 47.5. The van der Waals surface area contributed by atoms with Crippen molar-refractivity contribution in [3.8, 4) is 0 Å². The van der Waals surface area contributed by atoms with Gasteiger partial charge in [-0.2, -0.15) is 0 Å². The highest BCUT2D eigenvalue weighted by atomic mass is 16.7. The third kappa shape index (κ3) is 44.2. The number of methoxy groups -OCH3 is 1. The summed E-state index contributed by atoms with van der Waals surface area (Å²) in [5.41, 5.74) is 0. The topological polar surface area (TPSA) is 86.3 Å². The molecule has 1 N–H and O–H groups in total. The van der Waals surface area contributed by atoms with Crippen molar-refractivity contribution in [1.82, 2.24) is 10.2 Å². The molecule has 8 nitrogen and oxygen atoms in total. The molecule has 0 unspecified atom stereocenters. The van der Waals surface area contributed by atoms with Gasteiger partial charge in [0, 0.05) is 28.1 Å². The quantitative estimate of drug-likeness (QED) is 0.0372. The van der Waals surface area contributed by atoms with Gasteiger partial charge in [0.15, 0.2) is 0 Å². The van der Waals surface area contributed by atoms with Crippen LogP contribution in [0, 0.1) is 0 Å². The van der Waals surface area contributed by atoms with E-state index >= 15 is 0 Å². The number of ether oxygens (including phenoxy) is 4. The number of esters is 1. The molecular weight excluding hydrogens is 713 g/mol. The van der Waals surface area contributed by atoms with Crippen molar-refractivity contribution >= 4 is 11.9 Å². The van der Waals surface area contributed by atoms with E-state index in [4.69, 9.17) is 18.9 Å². The first kappa shape index (κ1) is 55.8. The maximum atomic E-state index is 12.2. The van der Waals surface area contributed by atoms with Gasteiger partial charge < -0.3 is 29.2 Å². The van der Waals surface area contributed by atoms with Crippen LogP contribution in [0.1, 0.15) is 241 Å². The lowest BCUT2D eigenvalue weighted by atomic mass is 10.0. The molecule has 0 aliphatic heterocycles. The molecule has 0 fully saturated rings. The molecule has 0 rings (SSSR count). The van der Waals surface area contributed by atoms with Crippen LogP contribution in [0.3, 0.4) is 0 Å². The lowest BCUT2D eigenvalue weighted by Crippen LogP contribution is -2.32. The van der Waals surface area contributed by atoms with Crippen LogP contribution in [-0.2, 0) is 28.5 Å². The Morgan fingerprint density at radius 1 is 0.526 bits per heavy atom. The fraction of sp³-hybridized carbons (Fsp3) is 0.959. The first-order chi connectivity index (χ1) is 28.1. The van der Waals surface area contributed by atoms with E-state index in [-0.39, 0.29) is 19.9 Å². The third-order valence-electron chi connectivity index (χ3n) is 11.3. The van der Waals surface area contributed by atoms with E-state index in [9.17, 15) is 9.59 Å². The Morgan fingerprint density at radius 2 is 0.965 bits per heavy atom. The molecule has 0 radical (unpaired) electrons. The van der Waals surface area contributed by atoms with Crippen molar-refractivity contribution < 1.29 is 30.0 Å². The van der Waals surface area contributed by atoms with Gasteiger partial charge >= 0.3 is 5.97 Å². The minimum Gasteiger partial charge on any atom is -0.466 e. The smallest absolute Gasteiger partial charge is 0.305 e.